The molecule has 0 aliphatic rings. The number of hydrogen-bond acceptors (Lipinski definition) is 5. The highest BCUT2D eigenvalue weighted by Gasteiger charge is 2.16. The van der Waals surface area contributed by atoms with Crippen LogP contribution in [0.1, 0.15) is 15.9 Å². The number of halogens is 2. The summed E-state index contributed by atoms with van der Waals surface area (Å²) in [5.74, 6) is -0.125. The zero-order valence-electron chi connectivity index (χ0n) is 10.7. The Morgan fingerprint density at radius 1 is 1.43 bits per heavy atom. The highest BCUT2D eigenvalue weighted by atomic mass is 79.9. The summed E-state index contributed by atoms with van der Waals surface area (Å²) in [6.45, 7) is 1.90. The number of carbonyl (C=O) groups is 1. The number of Topliss-reactive ketones (excluding diaryl/α,β-unsaturated/α-hetero) is 1. The van der Waals surface area contributed by atoms with Gasteiger partial charge >= 0.3 is 0 Å². The van der Waals surface area contributed by atoms with Gasteiger partial charge in [-0.05, 0) is 55.8 Å². The van der Waals surface area contributed by atoms with E-state index in [4.69, 9.17) is 0 Å². The summed E-state index contributed by atoms with van der Waals surface area (Å²) in [7, 11) is 0. The molecule has 0 spiro atoms. The van der Waals surface area contributed by atoms with Gasteiger partial charge in [-0.2, -0.15) is 0 Å². The van der Waals surface area contributed by atoms with Crippen molar-refractivity contribution in [2.75, 3.05) is 0 Å². The molecule has 0 aliphatic carbocycles. The van der Waals surface area contributed by atoms with Crippen LogP contribution in [0.25, 0.3) is 10.2 Å². The van der Waals surface area contributed by atoms with Gasteiger partial charge in [-0.3, -0.25) is 14.2 Å². The molecule has 0 N–H and O–H groups in total. The largest absolute Gasteiger partial charge is 0.292 e. The molecule has 0 saturated heterocycles. The van der Waals surface area contributed by atoms with E-state index in [1.165, 1.54) is 33.6 Å². The van der Waals surface area contributed by atoms with Gasteiger partial charge in [0, 0.05) is 5.56 Å². The summed E-state index contributed by atoms with van der Waals surface area (Å²) in [5.41, 5.74) is 2.10. The van der Waals surface area contributed by atoms with E-state index in [1.807, 2.05) is 12.3 Å². The SMILES string of the molecule is Cc1csc2c(=O)n(CC(=O)c3cc(Br)sc3Br)cnc12. The maximum Gasteiger partial charge on any atom is 0.271 e. The smallest absolute Gasteiger partial charge is 0.271 e. The second-order valence-electron chi connectivity index (χ2n) is 4.44. The van der Waals surface area contributed by atoms with E-state index < -0.39 is 0 Å². The number of thiophene rings is 2. The van der Waals surface area contributed by atoms with Gasteiger partial charge in [0.05, 0.1) is 26.0 Å². The number of ketones is 1. The molecule has 3 heterocycles. The summed E-state index contributed by atoms with van der Waals surface area (Å²) in [4.78, 5) is 29.0. The number of nitrogens with zero attached hydrogens (tertiary/aromatic N) is 2. The molecule has 3 aromatic rings. The van der Waals surface area contributed by atoms with Crippen LogP contribution in [-0.2, 0) is 6.54 Å². The maximum atomic E-state index is 12.4. The van der Waals surface area contributed by atoms with E-state index in [2.05, 4.69) is 36.8 Å². The van der Waals surface area contributed by atoms with E-state index in [9.17, 15) is 9.59 Å². The summed E-state index contributed by atoms with van der Waals surface area (Å²) >= 11 is 9.50. The van der Waals surface area contributed by atoms with Gasteiger partial charge < -0.3 is 0 Å². The molecule has 0 radical (unpaired) electrons. The number of rotatable bonds is 3. The molecule has 0 amide bonds. The van der Waals surface area contributed by atoms with Gasteiger partial charge in [0.25, 0.3) is 5.56 Å². The van der Waals surface area contributed by atoms with Gasteiger partial charge in [0.15, 0.2) is 5.78 Å². The lowest BCUT2D eigenvalue weighted by Crippen LogP contribution is -2.24. The first-order chi connectivity index (χ1) is 9.97. The number of aryl methyl sites for hydroxylation is 1. The third-order valence-corrected chi connectivity index (χ3v) is 6.41. The van der Waals surface area contributed by atoms with Crippen molar-refractivity contribution in [3.8, 4) is 0 Å². The number of fused-ring (bicyclic) bond motifs is 1. The van der Waals surface area contributed by atoms with Crippen LogP contribution < -0.4 is 5.56 Å². The molecule has 3 aromatic heterocycles. The van der Waals surface area contributed by atoms with Crippen LogP contribution in [0.4, 0.5) is 0 Å². The molecule has 0 unspecified atom stereocenters. The lowest BCUT2D eigenvalue weighted by atomic mass is 10.2. The van der Waals surface area contributed by atoms with Crippen LogP contribution in [0.3, 0.4) is 0 Å². The standard InChI is InChI=1S/C13H8Br2N2O2S2/c1-6-4-20-11-10(6)16-5-17(13(11)19)3-8(18)7-2-9(14)21-12(7)15/h2,4-5H,3H2,1H3. The summed E-state index contributed by atoms with van der Waals surface area (Å²) < 4.78 is 3.58. The number of carbonyl (C=O) groups excluding carboxylic acids is 1. The van der Waals surface area contributed by atoms with Crippen LogP contribution in [0.15, 0.2) is 30.1 Å². The molecule has 3 rings (SSSR count). The van der Waals surface area contributed by atoms with Crippen molar-refractivity contribution in [1.29, 1.82) is 0 Å². The second-order valence-corrected chi connectivity index (χ2v) is 9.06. The average Bonchev–Trinajstić information content (AvgIpc) is 2.96. The van der Waals surface area contributed by atoms with Crippen LogP contribution in [0.5, 0.6) is 0 Å². The van der Waals surface area contributed by atoms with Crippen molar-refractivity contribution in [2.24, 2.45) is 0 Å². The molecule has 0 aliphatic heterocycles. The summed E-state index contributed by atoms with van der Waals surface area (Å²) in [6, 6.07) is 1.75. The zero-order valence-corrected chi connectivity index (χ0v) is 15.5. The molecular weight excluding hydrogens is 440 g/mol. The molecule has 8 heteroatoms. The first-order valence-corrected chi connectivity index (χ1v) is 9.17. The normalized spacial score (nSPS) is 11.2. The van der Waals surface area contributed by atoms with Gasteiger partial charge in [-0.15, -0.1) is 22.7 Å². The molecular formula is C13H8Br2N2O2S2. The van der Waals surface area contributed by atoms with E-state index in [-0.39, 0.29) is 17.9 Å². The Kier molecular flexibility index (Phi) is 4.13. The minimum atomic E-state index is -0.170. The third-order valence-electron chi connectivity index (χ3n) is 2.99. The molecule has 0 aromatic carbocycles. The Labute approximate surface area is 144 Å². The third kappa shape index (κ3) is 2.77. The highest BCUT2D eigenvalue weighted by molar-refractivity contribution is 9.12. The topological polar surface area (TPSA) is 52.0 Å². The van der Waals surface area contributed by atoms with Crippen LogP contribution >= 0.6 is 54.5 Å². The Morgan fingerprint density at radius 3 is 2.86 bits per heavy atom. The minimum Gasteiger partial charge on any atom is -0.292 e. The Balaban J connectivity index is 1.98. The van der Waals surface area contributed by atoms with E-state index in [0.717, 1.165) is 13.1 Å². The van der Waals surface area contributed by atoms with E-state index >= 15 is 0 Å². The molecule has 0 fully saturated rings. The predicted octanol–water partition coefficient (Wildman–Crippen LogP) is 4.24. The first kappa shape index (κ1) is 15.1. The Bertz CT molecular complexity index is 911. The van der Waals surface area contributed by atoms with Gasteiger partial charge in [-0.25, -0.2) is 4.98 Å². The highest BCUT2D eigenvalue weighted by Crippen LogP contribution is 2.32. The summed E-state index contributed by atoms with van der Waals surface area (Å²) in [6.07, 6.45) is 1.44. The van der Waals surface area contributed by atoms with Gasteiger partial charge in [0.1, 0.15) is 4.70 Å². The second kappa shape index (κ2) is 5.75. The minimum absolute atomic E-state index is 0.0134. The van der Waals surface area contributed by atoms with Crippen molar-refractivity contribution >= 4 is 70.5 Å². The van der Waals surface area contributed by atoms with Crippen molar-refractivity contribution < 1.29 is 4.79 Å². The molecule has 0 saturated carbocycles. The Hall–Kier alpha value is -0.830. The molecule has 0 bridgehead atoms. The van der Waals surface area contributed by atoms with E-state index in [0.29, 0.717) is 15.8 Å². The maximum absolute atomic E-state index is 12.4. The van der Waals surface area contributed by atoms with Crippen molar-refractivity contribution in [1.82, 2.24) is 9.55 Å². The van der Waals surface area contributed by atoms with Crippen LogP contribution in [0.2, 0.25) is 0 Å². The fourth-order valence-corrected chi connectivity index (χ4v) is 5.75. The van der Waals surface area contributed by atoms with Crippen LogP contribution in [-0.4, -0.2) is 15.3 Å². The first-order valence-electron chi connectivity index (χ1n) is 5.88. The fourth-order valence-electron chi connectivity index (χ4n) is 1.94. The lowest BCUT2D eigenvalue weighted by molar-refractivity contribution is 0.0970. The Morgan fingerprint density at radius 2 is 2.19 bits per heavy atom. The lowest BCUT2D eigenvalue weighted by Gasteiger charge is -2.04. The predicted molar refractivity (Wildman–Crippen MR) is 92.7 cm³/mol. The number of aromatic nitrogens is 2. The molecule has 4 nitrogen and oxygen atoms in total. The molecule has 0 atom stereocenters. The summed E-state index contributed by atoms with van der Waals surface area (Å²) in [5, 5.41) is 1.90. The average molecular weight is 448 g/mol. The molecule has 108 valence electrons. The fraction of sp³-hybridized carbons (Fsp3) is 0.154. The van der Waals surface area contributed by atoms with Crippen LogP contribution in [0, 0.1) is 6.92 Å². The molecule has 21 heavy (non-hydrogen) atoms. The monoisotopic (exact) mass is 446 g/mol. The van der Waals surface area contributed by atoms with Gasteiger partial charge in [0.2, 0.25) is 0 Å². The van der Waals surface area contributed by atoms with E-state index in [1.54, 1.807) is 6.07 Å². The van der Waals surface area contributed by atoms with Crippen molar-refractivity contribution in [3.63, 3.8) is 0 Å². The quantitative estimate of drug-likeness (QED) is 0.564. The van der Waals surface area contributed by atoms with Crippen molar-refractivity contribution in [3.05, 3.63) is 46.8 Å². The zero-order chi connectivity index (χ0) is 15.1. The van der Waals surface area contributed by atoms with Gasteiger partial charge in [-0.1, -0.05) is 0 Å². The number of hydrogen-bond donors (Lipinski definition) is 0. The van der Waals surface area contributed by atoms with Crippen molar-refractivity contribution in [2.45, 2.75) is 13.5 Å².